The van der Waals surface area contributed by atoms with Crippen molar-refractivity contribution in [2.45, 2.75) is 39.8 Å². The summed E-state index contributed by atoms with van der Waals surface area (Å²) in [6, 6.07) is 0.619. The smallest absolute Gasteiger partial charge is 0.219 e. The zero-order valence-electron chi connectivity index (χ0n) is 14.5. The fourth-order valence-electron chi connectivity index (χ4n) is 3.83. The zero-order valence-corrected chi connectivity index (χ0v) is 15.3. The minimum atomic E-state index is 0.209. The number of aromatic nitrogens is 1. The van der Waals surface area contributed by atoms with Crippen molar-refractivity contribution in [1.82, 2.24) is 19.7 Å². The normalized spacial score (nSPS) is 26.8. The molecule has 2 atom stereocenters. The molecule has 2 unspecified atom stereocenters. The quantitative estimate of drug-likeness (QED) is 0.839. The highest BCUT2D eigenvalue weighted by Gasteiger charge is 2.35. The minimum Gasteiger partial charge on any atom is -0.340 e. The summed E-state index contributed by atoms with van der Waals surface area (Å²) in [5, 5.41) is 3.45. The van der Waals surface area contributed by atoms with Crippen LogP contribution in [-0.2, 0) is 17.8 Å². The zero-order chi connectivity index (χ0) is 16.4. The predicted octanol–water partition coefficient (Wildman–Crippen LogP) is 1.69. The highest BCUT2D eigenvalue weighted by molar-refractivity contribution is 7.09. The van der Waals surface area contributed by atoms with E-state index in [4.69, 9.17) is 4.98 Å². The van der Waals surface area contributed by atoms with Crippen LogP contribution in [0, 0.1) is 5.92 Å². The van der Waals surface area contributed by atoms with Gasteiger partial charge in [0.2, 0.25) is 5.91 Å². The Morgan fingerprint density at radius 2 is 2.04 bits per heavy atom. The van der Waals surface area contributed by atoms with E-state index in [-0.39, 0.29) is 5.91 Å². The maximum Gasteiger partial charge on any atom is 0.219 e. The lowest BCUT2D eigenvalue weighted by atomic mass is 10.0. The molecule has 0 saturated carbocycles. The maximum absolute atomic E-state index is 11.5. The van der Waals surface area contributed by atoms with Crippen molar-refractivity contribution in [1.29, 1.82) is 0 Å². The molecule has 1 amide bonds. The van der Waals surface area contributed by atoms with Gasteiger partial charge in [0, 0.05) is 64.2 Å². The van der Waals surface area contributed by atoms with Crippen molar-refractivity contribution in [2.75, 3.05) is 39.3 Å². The first-order valence-corrected chi connectivity index (χ1v) is 9.60. The van der Waals surface area contributed by atoms with Gasteiger partial charge in [-0.1, -0.05) is 13.8 Å². The third-order valence-electron chi connectivity index (χ3n) is 5.16. The first-order chi connectivity index (χ1) is 11.1. The maximum atomic E-state index is 11.5. The van der Waals surface area contributed by atoms with Gasteiger partial charge in [0.05, 0.1) is 10.7 Å². The van der Waals surface area contributed by atoms with Gasteiger partial charge in [-0.25, -0.2) is 4.98 Å². The van der Waals surface area contributed by atoms with E-state index < -0.39 is 0 Å². The molecule has 128 valence electrons. The lowest BCUT2D eigenvalue weighted by molar-refractivity contribution is -0.130. The van der Waals surface area contributed by atoms with E-state index in [1.54, 1.807) is 18.3 Å². The molecule has 1 aromatic rings. The molecular weight excluding hydrogens is 308 g/mol. The Morgan fingerprint density at radius 1 is 1.30 bits per heavy atom. The van der Waals surface area contributed by atoms with Crippen LogP contribution in [0.1, 0.15) is 31.5 Å². The fraction of sp³-hybridized carbons (Fsp3) is 0.765. The van der Waals surface area contributed by atoms with Gasteiger partial charge in [0.15, 0.2) is 0 Å². The highest BCUT2D eigenvalue weighted by Crippen LogP contribution is 2.25. The molecule has 2 aliphatic heterocycles. The summed E-state index contributed by atoms with van der Waals surface area (Å²) in [6.45, 7) is 13.2. The summed E-state index contributed by atoms with van der Waals surface area (Å²) < 4.78 is 0. The average molecular weight is 337 g/mol. The highest BCUT2D eigenvalue weighted by atomic mass is 32.1. The van der Waals surface area contributed by atoms with E-state index in [0.717, 1.165) is 52.2 Å². The topological polar surface area (TPSA) is 39.7 Å². The lowest BCUT2D eigenvalue weighted by Gasteiger charge is -2.39. The molecule has 0 aliphatic carbocycles. The second-order valence-corrected chi connectivity index (χ2v) is 7.81. The Kier molecular flexibility index (Phi) is 5.34. The van der Waals surface area contributed by atoms with E-state index in [1.165, 1.54) is 10.7 Å². The van der Waals surface area contributed by atoms with Gasteiger partial charge in [-0.05, 0) is 12.3 Å². The van der Waals surface area contributed by atoms with Crippen LogP contribution < -0.4 is 0 Å². The number of hydrogen-bond donors (Lipinski definition) is 0. The minimum absolute atomic E-state index is 0.209. The molecule has 23 heavy (non-hydrogen) atoms. The monoisotopic (exact) mass is 336 g/mol. The Balaban J connectivity index is 1.53. The summed E-state index contributed by atoms with van der Waals surface area (Å²) in [6.07, 6.45) is 1.03. The van der Waals surface area contributed by atoms with Gasteiger partial charge in [-0.2, -0.15) is 0 Å². The number of rotatable bonds is 4. The van der Waals surface area contributed by atoms with Crippen molar-refractivity contribution in [2.24, 2.45) is 5.92 Å². The van der Waals surface area contributed by atoms with Crippen LogP contribution in [0.4, 0.5) is 0 Å². The molecule has 3 rings (SSSR count). The van der Waals surface area contributed by atoms with Crippen molar-refractivity contribution < 1.29 is 4.79 Å². The number of carbonyl (C=O) groups is 1. The first kappa shape index (κ1) is 16.9. The van der Waals surface area contributed by atoms with E-state index >= 15 is 0 Å². The summed E-state index contributed by atoms with van der Waals surface area (Å²) in [5.74, 6) is 0.893. The summed E-state index contributed by atoms with van der Waals surface area (Å²) >= 11 is 1.78. The van der Waals surface area contributed by atoms with Crippen LogP contribution >= 0.6 is 11.3 Å². The molecule has 2 aliphatic rings. The Labute approximate surface area is 143 Å². The van der Waals surface area contributed by atoms with Gasteiger partial charge in [0.1, 0.15) is 0 Å². The van der Waals surface area contributed by atoms with Crippen LogP contribution in [-0.4, -0.2) is 70.9 Å². The van der Waals surface area contributed by atoms with E-state index in [1.807, 2.05) is 4.90 Å². The van der Waals surface area contributed by atoms with Gasteiger partial charge in [0.25, 0.3) is 0 Å². The lowest BCUT2D eigenvalue weighted by Crippen LogP contribution is -2.53. The van der Waals surface area contributed by atoms with Gasteiger partial charge in [-0.15, -0.1) is 11.3 Å². The molecular formula is C17H28N4OS. The number of amides is 1. The standard InChI is InChI=1S/C17H28N4OS/c1-4-17-18-15(12-23-17)10-19-9-13(2)16(11-19)21-7-5-20(6-8-21)14(3)22/h12-13,16H,4-11H2,1-3H3. The number of likely N-dealkylation sites (tertiary alicyclic amines) is 1. The summed E-state index contributed by atoms with van der Waals surface area (Å²) in [4.78, 5) is 23.3. The molecule has 5 nitrogen and oxygen atoms in total. The van der Waals surface area contributed by atoms with E-state index in [0.29, 0.717) is 12.0 Å². The summed E-state index contributed by atoms with van der Waals surface area (Å²) in [7, 11) is 0. The number of carbonyl (C=O) groups excluding carboxylic acids is 1. The summed E-state index contributed by atoms with van der Waals surface area (Å²) in [5.41, 5.74) is 1.22. The predicted molar refractivity (Wildman–Crippen MR) is 93.5 cm³/mol. The molecule has 0 spiro atoms. The molecule has 0 N–H and O–H groups in total. The molecule has 0 aromatic carbocycles. The number of thiazole rings is 1. The Bertz CT molecular complexity index is 538. The van der Waals surface area contributed by atoms with Crippen molar-refractivity contribution in [3.63, 3.8) is 0 Å². The van der Waals surface area contributed by atoms with Gasteiger partial charge >= 0.3 is 0 Å². The molecule has 0 bridgehead atoms. The molecule has 2 fully saturated rings. The first-order valence-electron chi connectivity index (χ1n) is 8.72. The van der Waals surface area contributed by atoms with E-state index in [2.05, 4.69) is 29.0 Å². The van der Waals surface area contributed by atoms with Gasteiger partial charge < -0.3 is 4.90 Å². The third-order valence-corrected chi connectivity index (χ3v) is 6.21. The van der Waals surface area contributed by atoms with Crippen molar-refractivity contribution in [3.8, 4) is 0 Å². The number of aryl methyl sites for hydroxylation is 1. The number of hydrogen-bond acceptors (Lipinski definition) is 5. The fourth-order valence-corrected chi connectivity index (χ4v) is 4.57. The SMILES string of the molecule is CCc1nc(CN2CC(C)C(N3CCN(C(C)=O)CC3)C2)cs1. The second kappa shape index (κ2) is 7.28. The Morgan fingerprint density at radius 3 is 2.65 bits per heavy atom. The van der Waals surface area contributed by atoms with Crippen LogP contribution in [0.25, 0.3) is 0 Å². The molecule has 3 heterocycles. The molecule has 1 aromatic heterocycles. The van der Waals surface area contributed by atoms with Crippen LogP contribution in [0.2, 0.25) is 0 Å². The molecule has 6 heteroatoms. The largest absolute Gasteiger partial charge is 0.340 e. The second-order valence-electron chi connectivity index (χ2n) is 6.87. The van der Waals surface area contributed by atoms with Crippen molar-refractivity contribution >= 4 is 17.2 Å². The third kappa shape index (κ3) is 3.92. The van der Waals surface area contributed by atoms with Crippen LogP contribution in [0.15, 0.2) is 5.38 Å². The van der Waals surface area contributed by atoms with Crippen LogP contribution in [0.3, 0.4) is 0 Å². The number of piperazine rings is 1. The van der Waals surface area contributed by atoms with Crippen LogP contribution in [0.5, 0.6) is 0 Å². The number of nitrogens with zero attached hydrogens (tertiary/aromatic N) is 4. The Hall–Kier alpha value is -0.980. The van der Waals surface area contributed by atoms with Crippen molar-refractivity contribution in [3.05, 3.63) is 16.1 Å². The van der Waals surface area contributed by atoms with Gasteiger partial charge in [-0.3, -0.25) is 14.6 Å². The molecule has 0 radical (unpaired) electrons. The molecule has 2 saturated heterocycles. The average Bonchev–Trinajstić information content (AvgIpc) is 3.14. The van der Waals surface area contributed by atoms with E-state index in [9.17, 15) is 4.79 Å².